The van der Waals surface area contributed by atoms with E-state index >= 15 is 0 Å². The van der Waals surface area contributed by atoms with E-state index < -0.39 is 93.7 Å². The van der Waals surface area contributed by atoms with Gasteiger partial charge >= 0.3 is 30.7 Å². The van der Waals surface area contributed by atoms with Crippen molar-refractivity contribution in [2.75, 3.05) is 114 Å². The topological polar surface area (TPSA) is 411 Å². The zero-order valence-corrected chi connectivity index (χ0v) is 80.9. The molecule has 0 unspecified atom stereocenters. The first-order valence-corrected chi connectivity index (χ1v) is 47.2. The van der Waals surface area contributed by atoms with Crippen molar-refractivity contribution in [1.82, 2.24) is 50.5 Å². The smallest absolute Gasteiger partial charge is 0.416 e. The van der Waals surface area contributed by atoms with Gasteiger partial charge in [-0.3, -0.25) is 49.7 Å². The standard InChI is InChI=1S/C26H30F3N5O4S.C19H23F3N4O3.C14H15F3N4O.C13H21N3O3.C12H16ClNO3S.C7H9N.ClH/c1-17-16-19(22(35)33(2)3)5-4-18(17)10-15-39(37,38)34-13-11-25(12-14-34)23(36)31-24(32-25)30-21-8-6-20(7-9-21)26(27,28)29;1-17(2,3)29-16(28)26-10-8-18(9-11-26)14(27)24-15(25-18)23-13-6-4-12(5-7-13)19(20,21)22;15-14(16,17)9-1-3-10(4-2-9)19-12-20-11(22)13(21-12)5-7-18-8-6-13;1-9-14-10(17)13(15-9)5-7-16(8-6-13)11(18)19-12(2,3)4;1-9-8-11(12(15)14(2)3)5-4-10(9)6-7-18(13,16)17;1-6-2-4-7(8)5-3-6;/h4-9,16H,10-15H2,1-3H3,(H2,30,31,32,36);4-7H,8-11H2,1-3H3,(H2,23,24,25,27);1-4,18H,5-8H2,(H2,19,20,21,22);5-8H2,1-4H3,(H,14,15,17);4-5,8H,6-7H2,1-3H3;2-5H,8H2,1H3;1H. The number of sulfonamides is 1. The molecular formula is C91H115Cl2F9N18O14S2. The van der Waals surface area contributed by atoms with Crippen molar-refractivity contribution in [2.45, 2.75) is 185 Å². The predicted octanol–water partition coefficient (Wildman–Crippen LogP) is 13.2. The number of piperidine rings is 4. The van der Waals surface area contributed by atoms with Crippen LogP contribution < -0.4 is 48.3 Å². The number of likely N-dealkylation sites (tertiary alicyclic amines) is 2. The van der Waals surface area contributed by atoms with Crippen molar-refractivity contribution in [3.8, 4) is 0 Å². The van der Waals surface area contributed by atoms with Gasteiger partial charge in [-0.15, -0.1) is 12.4 Å². The largest absolute Gasteiger partial charge is 0.444 e. The van der Waals surface area contributed by atoms with Crippen LogP contribution in [-0.4, -0.2) is 237 Å². The van der Waals surface area contributed by atoms with Crippen LogP contribution >= 0.6 is 23.1 Å². The van der Waals surface area contributed by atoms with Crippen LogP contribution in [0.5, 0.6) is 0 Å². The molecule has 742 valence electrons. The van der Waals surface area contributed by atoms with Crippen LogP contribution in [0.3, 0.4) is 0 Å². The zero-order chi connectivity index (χ0) is 100.0. The first kappa shape index (κ1) is 110. The average molecular weight is 1990 g/mol. The highest BCUT2D eigenvalue weighted by atomic mass is 35.7. The van der Waals surface area contributed by atoms with E-state index in [0.29, 0.717) is 118 Å². The monoisotopic (exact) mass is 1990 g/mol. The second kappa shape index (κ2) is 44.6. The summed E-state index contributed by atoms with van der Waals surface area (Å²) in [5.41, 5.74) is 6.32. The van der Waals surface area contributed by atoms with E-state index in [1.165, 1.54) is 56.1 Å². The maximum atomic E-state index is 13.1. The lowest BCUT2D eigenvalue weighted by Gasteiger charge is -2.36. The minimum absolute atomic E-state index is 0. The summed E-state index contributed by atoms with van der Waals surface area (Å²) in [6.07, 6.45) is -10.0. The minimum atomic E-state index is -4.45. The number of guanidine groups is 3. The number of nitrogens with one attached hydrogen (secondary N) is 8. The Bertz CT molecular complexity index is 5650. The molecule has 8 aliphatic rings. The summed E-state index contributed by atoms with van der Waals surface area (Å²) in [4.78, 5) is 121. The number of carbonyl (C=O) groups is 8. The molecule has 45 heteroatoms. The van der Waals surface area contributed by atoms with Crippen molar-refractivity contribution in [3.05, 3.63) is 189 Å². The van der Waals surface area contributed by atoms with Crippen LogP contribution in [0.25, 0.3) is 0 Å². The summed E-state index contributed by atoms with van der Waals surface area (Å²) >= 11 is 0. The Morgan fingerprint density at radius 3 is 1.04 bits per heavy atom. The van der Waals surface area contributed by atoms with Gasteiger partial charge in [0, 0.05) is 112 Å². The number of benzene rings is 6. The molecular weight excluding hydrogens is 1880 g/mol. The van der Waals surface area contributed by atoms with Crippen molar-refractivity contribution in [2.24, 2.45) is 20.0 Å². The maximum absolute atomic E-state index is 13.1. The number of aliphatic imine (C=N–C) groups is 4. The van der Waals surface area contributed by atoms with Gasteiger partial charge in [0.25, 0.3) is 35.4 Å². The van der Waals surface area contributed by atoms with E-state index in [-0.39, 0.29) is 116 Å². The highest BCUT2D eigenvalue weighted by Gasteiger charge is 2.51. The van der Waals surface area contributed by atoms with Crippen molar-refractivity contribution in [3.63, 3.8) is 0 Å². The van der Waals surface area contributed by atoms with Gasteiger partial charge in [-0.2, -0.15) is 39.5 Å². The third kappa shape index (κ3) is 30.7. The highest BCUT2D eigenvalue weighted by molar-refractivity contribution is 8.13. The van der Waals surface area contributed by atoms with E-state index in [2.05, 4.69) is 62.5 Å². The molecule has 0 atom stereocenters. The van der Waals surface area contributed by atoms with Gasteiger partial charge in [-0.25, -0.2) is 45.7 Å². The summed E-state index contributed by atoms with van der Waals surface area (Å²) in [6, 6.07) is 31.6. The molecule has 0 aliphatic carbocycles. The first-order valence-electron chi connectivity index (χ1n) is 43.1. The van der Waals surface area contributed by atoms with Gasteiger partial charge < -0.3 is 61.4 Å². The minimum Gasteiger partial charge on any atom is -0.444 e. The molecule has 0 bridgehead atoms. The van der Waals surface area contributed by atoms with E-state index in [1.807, 2.05) is 65.8 Å². The van der Waals surface area contributed by atoms with Crippen LogP contribution in [0.15, 0.2) is 153 Å². The normalized spacial score (nSPS) is 17.6. The molecule has 0 radical (unpaired) electrons. The first-order chi connectivity index (χ1) is 62.7. The summed E-state index contributed by atoms with van der Waals surface area (Å²) in [5.74, 6) is -0.0602. The van der Waals surface area contributed by atoms with Crippen LogP contribution in [-0.2, 0) is 79.1 Å². The van der Waals surface area contributed by atoms with Crippen molar-refractivity contribution in [1.29, 1.82) is 0 Å². The molecule has 4 fully saturated rings. The Labute approximate surface area is 794 Å². The fourth-order valence-corrected chi connectivity index (χ4v) is 17.2. The van der Waals surface area contributed by atoms with E-state index in [1.54, 1.807) is 102 Å². The predicted molar refractivity (Wildman–Crippen MR) is 503 cm³/mol. The van der Waals surface area contributed by atoms with Crippen molar-refractivity contribution < 1.29 is 104 Å². The zero-order valence-electron chi connectivity index (χ0n) is 77.7. The van der Waals surface area contributed by atoms with Gasteiger partial charge in [-0.05, 0) is 278 Å². The van der Waals surface area contributed by atoms with Crippen LogP contribution in [0.4, 0.5) is 71.9 Å². The Hall–Kier alpha value is -11.7. The molecule has 10 N–H and O–H groups in total. The van der Waals surface area contributed by atoms with Crippen molar-refractivity contribution >= 4 is 136 Å². The lowest BCUT2D eigenvalue weighted by molar-refractivity contribution is -0.138. The molecule has 8 heterocycles. The molecule has 8 aliphatic heterocycles. The van der Waals surface area contributed by atoms with Gasteiger partial charge in [-0.1, -0.05) is 29.8 Å². The number of ether oxygens (including phenoxy) is 2. The van der Waals surface area contributed by atoms with E-state index in [9.17, 15) is 94.7 Å². The second-order valence-corrected chi connectivity index (χ2v) is 40.8. The molecule has 6 aromatic carbocycles. The van der Waals surface area contributed by atoms with E-state index in [0.717, 1.165) is 64.3 Å². The number of hydrogen-bond acceptors (Lipinski definition) is 23. The fourth-order valence-electron chi connectivity index (χ4n) is 15.0. The summed E-state index contributed by atoms with van der Waals surface area (Å²) < 4.78 is 174. The number of nitrogens with two attached hydrogens (primary N) is 1. The van der Waals surface area contributed by atoms with Crippen LogP contribution in [0, 0.1) is 20.8 Å². The number of aryl methyl sites for hydroxylation is 5. The van der Waals surface area contributed by atoms with Gasteiger partial charge in [0.2, 0.25) is 37.0 Å². The highest BCUT2D eigenvalue weighted by Crippen LogP contribution is 2.38. The number of halogens is 11. The Kier molecular flexibility index (Phi) is 36.0. The Morgan fingerprint density at radius 1 is 0.449 bits per heavy atom. The Balaban J connectivity index is 0.000000210. The number of amidine groups is 1. The fraction of sp³-hybridized carbons (Fsp3) is 0.473. The molecule has 14 rings (SSSR count). The number of anilines is 4. The quantitative estimate of drug-likeness (QED) is 0.0312. The number of rotatable bonds is 12. The summed E-state index contributed by atoms with van der Waals surface area (Å²) in [7, 11) is 4.78. The lowest BCUT2D eigenvalue weighted by atomic mass is 9.88. The number of carbonyl (C=O) groups excluding carboxylic acids is 8. The summed E-state index contributed by atoms with van der Waals surface area (Å²) in [6.45, 7) is 21.7. The van der Waals surface area contributed by atoms with Gasteiger partial charge in [0.15, 0.2) is 0 Å². The molecule has 4 spiro atoms. The molecule has 32 nitrogen and oxygen atoms in total. The lowest BCUT2D eigenvalue weighted by Crippen LogP contribution is -2.51. The number of hydrogen-bond donors (Lipinski definition) is 9. The molecule has 8 amide bonds. The second-order valence-electron chi connectivity index (χ2n) is 35.9. The number of amides is 8. The van der Waals surface area contributed by atoms with Gasteiger partial charge in [0.05, 0.1) is 28.2 Å². The number of nitrogen functional groups attached to an aromatic ring is 1. The molecule has 0 aromatic heterocycles. The number of alkyl halides is 9. The average Bonchev–Trinajstić information content (AvgIpc) is 1.62. The van der Waals surface area contributed by atoms with E-state index in [4.69, 9.17) is 25.9 Å². The SMILES string of the molecule is CC(C)(C)OC(=O)N1CCC2(CC1)N=C(Nc1ccc(C(F)(F)F)cc1)NC2=O.CC1=NC2(CCN(C(=O)OC(C)(C)C)CC2)C(=O)N1.Cc1cc(C(=O)N(C)C)ccc1CCS(=O)(=O)Cl.Cc1cc(C(=O)N(C)C)ccc1CCS(=O)(=O)N1CCC2(CC1)N=C(Nc1ccc(C(F)(F)F)cc1)NC2=O.Cc1ccc(N)cc1.Cl.O=C1NC(Nc2ccc(C(F)(F)F)cc2)=NC12CCNCC2. The van der Waals surface area contributed by atoms with Crippen LogP contribution in [0.1, 0.15) is 165 Å². The molecule has 136 heavy (non-hydrogen) atoms. The van der Waals surface area contributed by atoms with Gasteiger partial charge in [0.1, 0.15) is 39.2 Å². The third-order valence-corrected chi connectivity index (χ3v) is 25.7. The third-order valence-electron chi connectivity index (χ3n) is 22.6. The Morgan fingerprint density at radius 2 is 0.757 bits per heavy atom. The number of nitrogens with zero attached hydrogens (tertiary/aromatic N) is 9. The summed E-state index contributed by atoms with van der Waals surface area (Å²) in [5, 5.41) is 22.3. The molecule has 6 aromatic rings. The van der Waals surface area contributed by atoms with Crippen LogP contribution in [0.2, 0.25) is 0 Å². The maximum Gasteiger partial charge on any atom is 0.416 e. The molecule has 0 saturated carbocycles. The molecule has 4 saturated heterocycles.